The zero-order chi connectivity index (χ0) is 34.6. The Morgan fingerprint density at radius 2 is 1.40 bits per heavy atom. The highest BCUT2D eigenvalue weighted by atomic mass is 32.2. The number of benzene rings is 3. The molecule has 4 aliphatic rings. The summed E-state index contributed by atoms with van der Waals surface area (Å²) in [6.07, 6.45) is 4.67. The second kappa shape index (κ2) is 15.6. The highest BCUT2D eigenvalue weighted by Gasteiger charge is 2.46. The molecular formula is C39H51N3O7S. The SMILES string of the molecule is CCN(CC)CCOc1ccc(CN2CCC(C3CCN(C4(c5ccc(S(=O)(=O)c6ccc7c(c6)OCO7)cc5)OCCO4)CC3)CC2)cc1. The number of sulfone groups is 1. The summed E-state index contributed by atoms with van der Waals surface area (Å²) in [5, 5.41) is 0. The summed E-state index contributed by atoms with van der Waals surface area (Å²) < 4.78 is 56.3. The molecule has 4 heterocycles. The van der Waals surface area contributed by atoms with E-state index in [9.17, 15) is 8.42 Å². The molecule has 270 valence electrons. The molecule has 10 nitrogen and oxygen atoms in total. The lowest BCUT2D eigenvalue weighted by Crippen LogP contribution is -2.51. The summed E-state index contributed by atoms with van der Waals surface area (Å²) in [7, 11) is -3.74. The largest absolute Gasteiger partial charge is 0.492 e. The molecule has 7 rings (SSSR count). The molecule has 11 heteroatoms. The Kier molecular flexibility index (Phi) is 11.0. The van der Waals surface area contributed by atoms with Gasteiger partial charge in [-0.05, 0) is 106 Å². The summed E-state index contributed by atoms with van der Waals surface area (Å²) in [5.74, 6) is 2.38. The Bertz CT molecular complexity index is 1660. The topological polar surface area (TPSA) is 90.0 Å². The van der Waals surface area contributed by atoms with Crippen LogP contribution in [-0.4, -0.2) is 95.5 Å². The third-order valence-corrected chi connectivity index (χ3v) is 12.8. The van der Waals surface area contributed by atoms with Crippen LogP contribution in [0.15, 0.2) is 76.5 Å². The van der Waals surface area contributed by atoms with E-state index in [4.69, 9.17) is 23.7 Å². The first-order valence-electron chi connectivity index (χ1n) is 18.3. The molecule has 0 atom stereocenters. The van der Waals surface area contributed by atoms with Gasteiger partial charge in [0.1, 0.15) is 12.4 Å². The molecule has 3 aromatic rings. The van der Waals surface area contributed by atoms with E-state index >= 15 is 0 Å². The van der Waals surface area contributed by atoms with Crippen LogP contribution in [0.3, 0.4) is 0 Å². The maximum absolute atomic E-state index is 13.4. The fourth-order valence-corrected chi connectivity index (χ4v) is 9.26. The average Bonchev–Trinajstić information content (AvgIpc) is 3.86. The third-order valence-electron chi connectivity index (χ3n) is 11.0. The number of hydrogen-bond acceptors (Lipinski definition) is 10. The van der Waals surface area contributed by atoms with Crippen LogP contribution >= 0.6 is 0 Å². The van der Waals surface area contributed by atoms with Gasteiger partial charge in [0.25, 0.3) is 5.91 Å². The summed E-state index contributed by atoms with van der Waals surface area (Å²) in [5.41, 5.74) is 2.17. The summed E-state index contributed by atoms with van der Waals surface area (Å²) >= 11 is 0. The van der Waals surface area contributed by atoms with Crippen molar-refractivity contribution >= 4 is 9.84 Å². The van der Waals surface area contributed by atoms with Crippen molar-refractivity contribution in [3.8, 4) is 17.2 Å². The van der Waals surface area contributed by atoms with Crippen LogP contribution in [0.25, 0.3) is 0 Å². The minimum atomic E-state index is -3.74. The number of likely N-dealkylation sites (tertiary alicyclic amines) is 2. The first-order valence-corrected chi connectivity index (χ1v) is 19.8. The molecule has 0 aliphatic carbocycles. The van der Waals surface area contributed by atoms with Gasteiger partial charge in [-0.25, -0.2) is 13.3 Å². The first kappa shape index (κ1) is 35.2. The van der Waals surface area contributed by atoms with Crippen molar-refractivity contribution in [2.45, 2.75) is 61.8 Å². The predicted octanol–water partition coefficient (Wildman–Crippen LogP) is 5.75. The van der Waals surface area contributed by atoms with Gasteiger partial charge in [-0.1, -0.05) is 38.1 Å². The molecule has 0 saturated carbocycles. The average molecular weight is 706 g/mol. The van der Waals surface area contributed by atoms with Gasteiger partial charge in [0.05, 0.1) is 23.0 Å². The zero-order valence-corrected chi connectivity index (χ0v) is 30.2. The molecule has 3 aromatic carbocycles. The Morgan fingerprint density at radius 3 is 2.06 bits per heavy atom. The van der Waals surface area contributed by atoms with Gasteiger partial charge in [-0.15, -0.1) is 0 Å². The standard InChI is InChI=1S/C39H51N3O7S/c1-3-40(4-2)23-24-45-34-9-5-30(6-10-34)28-41-19-15-31(16-20-41)32-17-21-42(22-18-32)39(48-25-26-49-39)33-7-11-35(12-8-33)50(43,44)36-13-14-37-38(27-36)47-29-46-37/h5-14,27,31-32H,3-4,15-26,28-29H2,1-2H3. The predicted molar refractivity (Wildman–Crippen MR) is 190 cm³/mol. The minimum absolute atomic E-state index is 0.0937. The molecule has 50 heavy (non-hydrogen) atoms. The van der Waals surface area contributed by atoms with Crippen LogP contribution < -0.4 is 14.2 Å². The second-order valence-electron chi connectivity index (χ2n) is 13.8. The van der Waals surface area contributed by atoms with Crippen LogP contribution in [0, 0.1) is 11.8 Å². The highest BCUT2D eigenvalue weighted by molar-refractivity contribution is 7.91. The molecule has 0 radical (unpaired) electrons. The van der Waals surface area contributed by atoms with Crippen molar-refractivity contribution in [1.82, 2.24) is 14.7 Å². The fourth-order valence-electron chi connectivity index (χ4n) is 7.99. The van der Waals surface area contributed by atoms with E-state index in [0.29, 0.717) is 30.6 Å². The number of ether oxygens (including phenoxy) is 5. The maximum Gasteiger partial charge on any atom is 0.258 e. The number of fused-ring (bicyclic) bond motifs is 1. The Balaban J connectivity index is 0.901. The van der Waals surface area contributed by atoms with E-state index in [1.807, 2.05) is 12.1 Å². The van der Waals surface area contributed by atoms with E-state index in [1.165, 1.54) is 24.5 Å². The van der Waals surface area contributed by atoms with Crippen LogP contribution in [-0.2, 0) is 31.8 Å². The lowest BCUT2D eigenvalue weighted by molar-refractivity contribution is -0.275. The maximum atomic E-state index is 13.4. The minimum Gasteiger partial charge on any atom is -0.492 e. The van der Waals surface area contributed by atoms with E-state index < -0.39 is 15.7 Å². The number of likely N-dealkylation sites (N-methyl/N-ethyl adjacent to an activating group) is 1. The molecule has 0 spiro atoms. The van der Waals surface area contributed by atoms with Crippen LogP contribution in [0.1, 0.15) is 50.7 Å². The molecule has 4 aliphatic heterocycles. The Hall–Kier alpha value is -3.19. The Morgan fingerprint density at radius 1 is 0.780 bits per heavy atom. The molecule has 0 unspecified atom stereocenters. The van der Waals surface area contributed by atoms with Crippen molar-refractivity contribution < 1.29 is 32.1 Å². The van der Waals surface area contributed by atoms with Crippen molar-refractivity contribution in [3.05, 3.63) is 77.9 Å². The molecule has 3 fully saturated rings. The summed E-state index contributed by atoms with van der Waals surface area (Å²) in [6, 6.07) is 20.3. The quantitative estimate of drug-likeness (QED) is 0.219. The molecule has 0 amide bonds. The van der Waals surface area contributed by atoms with E-state index in [2.05, 4.69) is 52.8 Å². The monoisotopic (exact) mass is 705 g/mol. The molecule has 3 saturated heterocycles. The smallest absolute Gasteiger partial charge is 0.258 e. The summed E-state index contributed by atoms with van der Waals surface area (Å²) in [6.45, 7) is 14.3. The van der Waals surface area contributed by atoms with Crippen molar-refractivity contribution in [3.63, 3.8) is 0 Å². The van der Waals surface area contributed by atoms with Crippen LogP contribution in [0.4, 0.5) is 0 Å². The van der Waals surface area contributed by atoms with Crippen molar-refractivity contribution in [2.24, 2.45) is 11.8 Å². The van der Waals surface area contributed by atoms with Gasteiger partial charge < -0.3 is 28.6 Å². The molecule has 0 bridgehead atoms. The molecular weight excluding hydrogens is 655 g/mol. The number of nitrogens with zero attached hydrogens (tertiary/aromatic N) is 3. The molecule has 0 N–H and O–H groups in total. The normalized spacial score (nSPS) is 20.5. The molecule has 0 aromatic heterocycles. The van der Waals surface area contributed by atoms with Gasteiger partial charge in [-0.3, -0.25) is 4.90 Å². The lowest BCUT2D eigenvalue weighted by Gasteiger charge is -2.45. The Labute approximate surface area is 297 Å². The van der Waals surface area contributed by atoms with Gasteiger partial charge in [0, 0.05) is 37.8 Å². The fraction of sp³-hybridized carbons (Fsp3) is 0.538. The van der Waals surface area contributed by atoms with Crippen LogP contribution in [0.2, 0.25) is 0 Å². The lowest BCUT2D eigenvalue weighted by atomic mass is 9.78. The van der Waals surface area contributed by atoms with Crippen molar-refractivity contribution in [2.75, 3.05) is 72.4 Å². The van der Waals surface area contributed by atoms with E-state index in [-0.39, 0.29) is 16.6 Å². The van der Waals surface area contributed by atoms with Gasteiger partial charge in [0.2, 0.25) is 16.6 Å². The number of piperidine rings is 2. The van der Waals surface area contributed by atoms with E-state index in [0.717, 1.165) is 89.0 Å². The van der Waals surface area contributed by atoms with E-state index in [1.54, 1.807) is 24.3 Å². The van der Waals surface area contributed by atoms with Gasteiger partial charge >= 0.3 is 0 Å². The van der Waals surface area contributed by atoms with Crippen molar-refractivity contribution in [1.29, 1.82) is 0 Å². The number of hydrogen-bond donors (Lipinski definition) is 0. The number of rotatable bonds is 13. The zero-order valence-electron chi connectivity index (χ0n) is 29.4. The summed E-state index contributed by atoms with van der Waals surface area (Å²) in [4.78, 5) is 7.66. The first-order chi connectivity index (χ1) is 24.4. The van der Waals surface area contributed by atoms with Gasteiger partial charge in [-0.2, -0.15) is 0 Å². The third kappa shape index (κ3) is 7.54. The second-order valence-corrected chi connectivity index (χ2v) is 15.7. The van der Waals surface area contributed by atoms with Gasteiger partial charge in [0.15, 0.2) is 11.5 Å². The van der Waals surface area contributed by atoms with Crippen LogP contribution in [0.5, 0.6) is 17.2 Å². The highest BCUT2D eigenvalue weighted by Crippen LogP contribution is 2.42.